The third-order valence-electron chi connectivity index (χ3n) is 3.86. The SMILES string of the molecule is COC(=O)c1ccc(C(=O)OC)c(-c2cc(CN(C)C)cc(OC)c2)c1. The first-order chi connectivity index (χ1) is 12.4. The summed E-state index contributed by atoms with van der Waals surface area (Å²) in [7, 11) is 8.17. The van der Waals surface area contributed by atoms with E-state index in [4.69, 9.17) is 14.2 Å². The molecular formula is C20H23NO5. The van der Waals surface area contributed by atoms with Gasteiger partial charge in [-0.05, 0) is 67.2 Å². The molecule has 0 saturated heterocycles. The van der Waals surface area contributed by atoms with Gasteiger partial charge in [0.2, 0.25) is 0 Å². The molecule has 138 valence electrons. The number of methoxy groups -OCH3 is 3. The van der Waals surface area contributed by atoms with E-state index in [-0.39, 0.29) is 0 Å². The molecule has 0 amide bonds. The van der Waals surface area contributed by atoms with E-state index in [0.29, 0.717) is 29.0 Å². The summed E-state index contributed by atoms with van der Waals surface area (Å²) < 4.78 is 15.1. The minimum atomic E-state index is -0.478. The number of benzene rings is 2. The molecule has 0 saturated carbocycles. The van der Waals surface area contributed by atoms with Crippen LogP contribution in [0.5, 0.6) is 5.75 Å². The normalized spacial score (nSPS) is 10.5. The first kappa shape index (κ1) is 19.5. The Balaban J connectivity index is 2.67. The summed E-state index contributed by atoms with van der Waals surface area (Å²) in [6, 6.07) is 10.5. The molecule has 0 spiro atoms. The van der Waals surface area contributed by atoms with Crippen molar-refractivity contribution in [2.75, 3.05) is 35.4 Å². The average molecular weight is 357 g/mol. The van der Waals surface area contributed by atoms with Crippen LogP contribution in [0.4, 0.5) is 0 Å². The lowest BCUT2D eigenvalue weighted by Gasteiger charge is -2.15. The molecule has 2 aromatic carbocycles. The lowest BCUT2D eigenvalue weighted by atomic mass is 9.95. The van der Waals surface area contributed by atoms with Crippen molar-refractivity contribution in [2.45, 2.75) is 6.54 Å². The second-order valence-corrected chi connectivity index (χ2v) is 6.05. The fourth-order valence-electron chi connectivity index (χ4n) is 2.71. The third-order valence-corrected chi connectivity index (χ3v) is 3.86. The van der Waals surface area contributed by atoms with Crippen LogP contribution in [-0.4, -0.2) is 52.3 Å². The third kappa shape index (κ3) is 4.40. The van der Waals surface area contributed by atoms with Gasteiger partial charge in [0.1, 0.15) is 5.75 Å². The Kier molecular flexibility index (Phi) is 6.36. The van der Waals surface area contributed by atoms with Gasteiger partial charge in [-0.25, -0.2) is 9.59 Å². The first-order valence-electron chi connectivity index (χ1n) is 8.03. The number of ether oxygens (including phenoxy) is 3. The number of hydrogen-bond donors (Lipinski definition) is 0. The van der Waals surface area contributed by atoms with Crippen LogP contribution in [0.15, 0.2) is 36.4 Å². The molecule has 0 aromatic heterocycles. The summed E-state index contributed by atoms with van der Waals surface area (Å²) in [6.45, 7) is 0.703. The average Bonchev–Trinajstić information content (AvgIpc) is 2.65. The van der Waals surface area contributed by atoms with E-state index in [0.717, 1.165) is 11.1 Å². The minimum Gasteiger partial charge on any atom is -0.497 e. The zero-order valence-electron chi connectivity index (χ0n) is 15.7. The van der Waals surface area contributed by atoms with Crippen LogP contribution in [-0.2, 0) is 16.0 Å². The largest absolute Gasteiger partial charge is 0.497 e. The van der Waals surface area contributed by atoms with Crippen molar-refractivity contribution in [1.82, 2.24) is 4.90 Å². The molecule has 0 bridgehead atoms. The molecule has 6 nitrogen and oxygen atoms in total. The minimum absolute atomic E-state index is 0.354. The van der Waals surface area contributed by atoms with E-state index >= 15 is 0 Å². The van der Waals surface area contributed by atoms with Crippen molar-refractivity contribution < 1.29 is 23.8 Å². The lowest BCUT2D eigenvalue weighted by Crippen LogP contribution is -2.11. The molecule has 0 N–H and O–H groups in total. The van der Waals surface area contributed by atoms with E-state index in [1.54, 1.807) is 25.3 Å². The number of nitrogens with zero attached hydrogens (tertiary/aromatic N) is 1. The van der Waals surface area contributed by atoms with Crippen molar-refractivity contribution in [3.8, 4) is 16.9 Å². The van der Waals surface area contributed by atoms with Crippen molar-refractivity contribution in [1.29, 1.82) is 0 Å². The summed E-state index contributed by atoms with van der Waals surface area (Å²) in [5.41, 5.74) is 3.07. The molecule has 2 aromatic rings. The molecule has 0 aliphatic rings. The second kappa shape index (κ2) is 8.49. The van der Waals surface area contributed by atoms with Gasteiger partial charge in [0.25, 0.3) is 0 Å². The molecule has 6 heteroatoms. The zero-order valence-corrected chi connectivity index (χ0v) is 15.7. The van der Waals surface area contributed by atoms with Crippen LogP contribution in [0.1, 0.15) is 26.3 Å². The molecule has 2 rings (SSSR count). The van der Waals surface area contributed by atoms with Crippen molar-refractivity contribution in [3.05, 3.63) is 53.1 Å². The Hall–Kier alpha value is -2.86. The van der Waals surface area contributed by atoms with E-state index in [1.165, 1.54) is 14.2 Å². The monoisotopic (exact) mass is 357 g/mol. The van der Waals surface area contributed by atoms with Gasteiger partial charge in [-0.3, -0.25) is 0 Å². The maximum Gasteiger partial charge on any atom is 0.338 e. The molecule has 0 aliphatic heterocycles. The van der Waals surface area contributed by atoms with Gasteiger partial charge >= 0.3 is 11.9 Å². The number of esters is 2. The molecule has 0 fully saturated rings. The molecular weight excluding hydrogens is 334 g/mol. The predicted octanol–water partition coefficient (Wildman–Crippen LogP) is 3.00. The summed E-state index contributed by atoms with van der Waals surface area (Å²) >= 11 is 0. The summed E-state index contributed by atoms with van der Waals surface area (Å²) in [5, 5.41) is 0. The van der Waals surface area contributed by atoms with Crippen LogP contribution >= 0.6 is 0 Å². The van der Waals surface area contributed by atoms with Crippen LogP contribution in [0.2, 0.25) is 0 Å². The van der Waals surface area contributed by atoms with Gasteiger partial charge in [0, 0.05) is 6.54 Å². The standard InChI is InChI=1S/C20H23NO5/c1-21(2)12-13-8-15(10-16(9-13)24-3)18-11-14(19(22)25-4)6-7-17(18)20(23)26-5/h6-11H,12H2,1-5H3. The van der Waals surface area contributed by atoms with Crippen LogP contribution in [0.25, 0.3) is 11.1 Å². The highest BCUT2D eigenvalue weighted by Crippen LogP contribution is 2.31. The van der Waals surface area contributed by atoms with Crippen LogP contribution in [0, 0.1) is 0 Å². The van der Waals surface area contributed by atoms with Gasteiger partial charge in [0.15, 0.2) is 0 Å². The number of carbonyl (C=O) groups is 2. The summed E-state index contributed by atoms with van der Waals surface area (Å²) in [4.78, 5) is 26.1. The number of hydrogen-bond acceptors (Lipinski definition) is 6. The summed E-state index contributed by atoms with van der Waals surface area (Å²) in [5.74, 6) is -0.286. The maximum atomic E-state index is 12.2. The Bertz CT molecular complexity index is 814. The maximum absolute atomic E-state index is 12.2. The van der Waals surface area contributed by atoms with E-state index in [2.05, 4.69) is 0 Å². The summed E-state index contributed by atoms with van der Waals surface area (Å²) in [6.07, 6.45) is 0. The van der Waals surface area contributed by atoms with Gasteiger partial charge in [0.05, 0.1) is 32.5 Å². The predicted molar refractivity (Wildman–Crippen MR) is 98.5 cm³/mol. The molecule has 0 aliphatic carbocycles. The topological polar surface area (TPSA) is 65.1 Å². The van der Waals surface area contributed by atoms with Crippen molar-refractivity contribution in [2.24, 2.45) is 0 Å². The van der Waals surface area contributed by atoms with E-state index in [1.807, 2.05) is 37.2 Å². The molecule has 0 heterocycles. The quantitative estimate of drug-likeness (QED) is 0.741. The van der Waals surface area contributed by atoms with Crippen molar-refractivity contribution in [3.63, 3.8) is 0 Å². The van der Waals surface area contributed by atoms with Crippen LogP contribution in [0.3, 0.4) is 0 Å². The van der Waals surface area contributed by atoms with Gasteiger partial charge in [-0.15, -0.1) is 0 Å². The fraction of sp³-hybridized carbons (Fsp3) is 0.300. The Labute approximate surface area is 153 Å². The molecule has 26 heavy (non-hydrogen) atoms. The zero-order chi connectivity index (χ0) is 19.3. The van der Waals surface area contributed by atoms with Gasteiger partial charge in [-0.2, -0.15) is 0 Å². The van der Waals surface area contributed by atoms with E-state index < -0.39 is 11.9 Å². The van der Waals surface area contributed by atoms with Gasteiger partial charge in [-0.1, -0.05) is 0 Å². The fourth-order valence-corrected chi connectivity index (χ4v) is 2.71. The van der Waals surface area contributed by atoms with Crippen molar-refractivity contribution >= 4 is 11.9 Å². The highest BCUT2D eigenvalue weighted by Gasteiger charge is 2.18. The molecule has 0 radical (unpaired) electrons. The van der Waals surface area contributed by atoms with Gasteiger partial charge < -0.3 is 19.1 Å². The Morgan fingerprint density at radius 2 is 1.62 bits per heavy atom. The number of rotatable bonds is 6. The highest BCUT2D eigenvalue weighted by molar-refractivity contribution is 6.00. The molecule has 0 unspecified atom stereocenters. The van der Waals surface area contributed by atoms with E-state index in [9.17, 15) is 9.59 Å². The van der Waals surface area contributed by atoms with Crippen LogP contribution < -0.4 is 4.74 Å². The smallest absolute Gasteiger partial charge is 0.338 e. The second-order valence-electron chi connectivity index (χ2n) is 6.05. The Morgan fingerprint density at radius 3 is 2.19 bits per heavy atom. The highest BCUT2D eigenvalue weighted by atomic mass is 16.5. The number of carbonyl (C=O) groups excluding carboxylic acids is 2. The molecule has 0 atom stereocenters. The lowest BCUT2D eigenvalue weighted by molar-refractivity contribution is 0.0587. The Morgan fingerprint density at radius 1 is 0.923 bits per heavy atom. The first-order valence-corrected chi connectivity index (χ1v) is 8.03.